The molecule has 1 aromatic heterocycles. The fourth-order valence-corrected chi connectivity index (χ4v) is 3.78. The first-order valence-corrected chi connectivity index (χ1v) is 8.99. The van der Waals surface area contributed by atoms with Crippen molar-refractivity contribution in [3.8, 4) is 0 Å². The second-order valence-electron chi connectivity index (χ2n) is 7.97. The summed E-state index contributed by atoms with van der Waals surface area (Å²) < 4.78 is 45.9. The molecular formula is C19H23F3N2O. The normalized spacial score (nSPS) is 20.7. The zero-order valence-corrected chi connectivity index (χ0v) is 14.6. The molecule has 2 fully saturated rings. The minimum Gasteiger partial charge on any atom is -0.440 e. The maximum absolute atomic E-state index is 13.5. The van der Waals surface area contributed by atoms with Gasteiger partial charge in [0.25, 0.3) is 0 Å². The van der Waals surface area contributed by atoms with Crippen LogP contribution in [-0.2, 0) is 12.7 Å². The van der Waals surface area contributed by atoms with Gasteiger partial charge in [0.1, 0.15) is 11.1 Å². The lowest BCUT2D eigenvalue weighted by atomic mass is 9.93. The second kappa shape index (κ2) is 5.73. The number of piperidine rings is 1. The fraction of sp³-hybridized carbons (Fsp3) is 0.632. The molecule has 25 heavy (non-hydrogen) atoms. The lowest BCUT2D eigenvalue weighted by Gasteiger charge is -2.32. The Labute approximate surface area is 145 Å². The molecule has 0 unspecified atom stereocenters. The van der Waals surface area contributed by atoms with Gasteiger partial charge in [0.05, 0.1) is 0 Å². The van der Waals surface area contributed by atoms with Crippen molar-refractivity contribution in [1.82, 2.24) is 9.88 Å². The molecule has 3 nitrogen and oxygen atoms in total. The van der Waals surface area contributed by atoms with E-state index in [-0.39, 0.29) is 11.5 Å². The average Bonchev–Trinajstić information content (AvgIpc) is 3.14. The topological polar surface area (TPSA) is 29.3 Å². The van der Waals surface area contributed by atoms with Gasteiger partial charge >= 0.3 is 6.18 Å². The SMILES string of the molecule is CC(C)c1nc2cc(CN3CCC4(CC3)CC4)cc(C(F)(F)F)c2o1. The van der Waals surface area contributed by atoms with Crippen LogP contribution in [0.25, 0.3) is 11.1 Å². The van der Waals surface area contributed by atoms with Crippen LogP contribution in [0.1, 0.15) is 62.5 Å². The molecule has 2 aromatic rings. The van der Waals surface area contributed by atoms with Gasteiger partial charge in [0.15, 0.2) is 11.5 Å². The Balaban J connectivity index is 1.64. The number of hydrogen-bond acceptors (Lipinski definition) is 3. The van der Waals surface area contributed by atoms with Gasteiger partial charge in [0.2, 0.25) is 0 Å². The third-order valence-electron chi connectivity index (χ3n) is 5.65. The van der Waals surface area contributed by atoms with Gasteiger partial charge < -0.3 is 4.42 Å². The Morgan fingerprint density at radius 3 is 2.40 bits per heavy atom. The molecule has 0 atom stereocenters. The number of alkyl halides is 3. The highest BCUT2D eigenvalue weighted by atomic mass is 19.4. The highest BCUT2D eigenvalue weighted by molar-refractivity contribution is 5.78. The van der Waals surface area contributed by atoms with Gasteiger partial charge in [0, 0.05) is 12.5 Å². The number of rotatable bonds is 3. The Bertz CT molecular complexity index is 780. The average molecular weight is 352 g/mol. The van der Waals surface area contributed by atoms with E-state index in [2.05, 4.69) is 9.88 Å². The van der Waals surface area contributed by atoms with Gasteiger partial charge in [-0.05, 0) is 61.9 Å². The van der Waals surface area contributed by atoms with Crippen molar-refractivity contribution >= 4 is 11.1 Å². The molecule has 6 heteroatoms. The minimum absolute atomic E-state index is 0.0474. The minimum atomic E-state index is -4.44. The largest absolute Gasteiger partial charge is 0.440 e. The van der Waals surface area contributed by atoms with E-state index < -0.39 is 11.7 Å². The van der Waals surface area contributed by atoms with E-state index in [1.165, 1.54) is 31.7 Å². The van der Waals surface area contributed by atoms with E-state index in [1.807, 2.05) is 13.8 Å². The molecule has 0 N–H and O–H groups in total. The first-order valence-electron chi connectivity index (χ1n) is 8.99. The van der Waals surface area contributed by atoms with E-state index in [0.717, 1.165) is 13.1 Å². The third-order valence-corrected chi connectivity index (χ3v) is 5.65. The van der Waals surface area contributed by atoms with Crippen LogP contribution in [0.2, 0.25) is 0 Å². The molecule has 0 amide bonds. The van der Waals surface area contributed by atoms with Crippen LogP contribution in [0.15, 0.2) is 16.5 Å². The molecule has 0 bridgehead atoms. The zero-order chi connectivity index (χ0) is 17.8. The third kappa shape index (κ3) is 3.28. The van der Waals surface area contributed by atoms with Crippen molar-refractivity contribution in [2.45, 2.75) is 58.2 Å². The van der Waals surface area contributed by atoms with Gasteiger partial charge in [-0.25, -0.2) is 4.98 Å². The first kappa shape index (κ1) is 16.9. The first-order chi connectivity index (χ1) is 11.8. The van der Waals surface area contributed by atoms with Crippen LogP contribution < -0.4 is 0 Å². The lowest BCUT2D eigenvalue weighted by molar-refractivity contribution is -0.136. The van der Waals surface area contributed by atoms with Crippen molar-refractivity contribution in [3.05, 3.63) is 29.2 Å². The Kier molecular flexibility index (Phi) is 3.87. The summed E-state index contributed by atoms with van der Waals surface area (Å²) in [6, 6.07) is 2.99. The molecule has 1 aliphatic carbocycles. The smallest absolute Gasteiger partial charge is 0.420 e. The van der Waals surface area contributed by atoms with E-state index in [1.54, 1.807) is 6.07 Å². The van der Waals surface area contributed by atoms with Crippen LogP contribution in [0, 0.1) is 5.41 Å². The van der Waals surface area contributed by atoms with Crippen molar-refractivity contribution in [2.24, 2.45) is 5.41 Å². The van der Waals surface area contributed by atoms with Crippen LogP contribution in [0.4, 0.5) is 13.2 Å². The van der Waals surface area contributed by atoms with Crippen molar-refractivity contribution in [2.75, 3.05) is 13.1 Å². The summed E-state index contributed by atoms with van der Waals surface area (Å²) in [5, 5.41) is 0. The Hall–Kier alpha value is -1.56. The number of fused-ring (bicyclic) bond motifs is 1. The van der Waals surface area contributed by atoms with Crippen molar-refractivity contribution < 1.29 is 17.6 Å². The number of halogens is 3. The monoisotopic (exact) mass is 352 g/mol. The second-order valence-corrected chi connectivity index (χ2v) is 7.97. The molecule has 1 aliphatic heterocycles. The highest BCUT2D eigenvalue weighted by Gasteiger charge is 2.44. The van der Waals surface area contributed by atoms with E-state index in [9.17, 15) is 13.2 Å². The summed E-state index contributed by atoms with van der Waals surface area (Å²) in [6.45, 7) is 6.20. The van der Waals surface area contributed by atoms with Crippen molar-refractivity contribution in [3.63, 3.8) is 0 Å². The molecule has 1 saturated heterocycles. The number of hydrogen-bond donors (Lipinski definition) is 0. The molecule has 4 rings (SSSR count). The van der Waals surface area contributed by atoms with E-state index in [0.29, 0.717) is 28.9 Å². The number of likely N-dealkylation sites (tertiary alicyclic amines) is 1. The van der Waals surface area contributed by atoms with Crippen molar-refractivity contribution in [1.29, 1.82) is 0 Å². The summed E-state index contributed by atoms with van der Waals surface area (Å²) in [6.07, 6.45) is 0.539. The molecule has 1 spiro atoms. The number of aromatic nitrogens is 1. The molecule has 2 heterocycles. The van der Waals surface area contributed by atoms with Gasteiger partial charge in [-0.1, -0.05) is 13.8 Å². The maximum Gasteiger partial charge on any atom is 0.420 e. The molecule has 1 saturated carbocycles. The van der Waals surface area contributed by atoms with E-state index in [4.69, 9.17) is 4.42 Å². The summed E-state index contributed by atoms with van der Waals surface area (Å²) in [5.74, 6) is 0.306. The van der Waals surface area contributed by atoms with Crippen LogP contribution in [0.3, 0.4) is 0 Å². The van der Waals surface area contributed by atoms with Gasteiger partial charge in [-0.2, -0.15) is 13.2 Å². The number of benzene rings is 1. The standard InChI is InChI=1S/C19H23F3N2O/c1-12(2)17-23-15-10-13(9-14(16(15)25-17)19(20,21)22)11-24-7-5-18(3-4-18)6-8-24/h9-10,12H,3-8,11H2,1-2H3. The Morgan fingerprint density at radius 2 is 1.84 bits per heavy atom. The van der Waals surface area contributed by atoms with E-state index >= 15 is 0 Å². The van der Waals surface area contributed by atoms with Crippen LogP contribution in [-0.4, -0.2) is 23.0 Å². The van der Waals surface area contributed by atoms with Gasteiger partial charge in [-0.3, -0.25) is 4.90 Å². The molecule has 0 radical (unpaired) electrons. The summed E-state index contributed by atoms with van der Waals surface area (Å²) >= 11 is 0. The summed E-state index contributed by atoms with van der Waals surface area (Å²) in [7, 11) is 0. The maximum atomic E-state index is 13.5. The molecular weight excluding hydrogens is 329 g/mol. The number of nitrogens with zero attached hydrogens (tertiary/aromatic N) is 2. The quantitative estimate of drug-likeness (QED) is 0.746. The molecule has 136 valence electrons. The number of oxazole rings is 1. The molecule has 1 aromatic carbocycles. The van der Waals surface area contributed by atoms with Gasteiger partial charge in [-0.15, -0.1) is 0 Å². The predicted octanol–water partition coefficient (Wildman–Crippen LogP) is 5.35. The zero-order valence-electron chi connectivity index (χ0n) is 14.6. The molecule has 2 aliphatic rings. The fourth-order valence-electron chi connectivity index (χ4n) is 3.78. The predicted molar refractivity (Wildman–Crippen MR) is 89.3 cm³/mol. The van der Waals surface area contributed by atoms with Crippen LogP contribution >= 0.6 is 0 Å². The van der Waals surface area contributed by atoms with Crippen LogP contribution in [0.5, 0.6) is 0 Å². The summed E-state index contributed by atoms with van der Waals surface area (Å²) in [5.41, 5.74) is 0.681. The summed E-state index contributed by atoms with van der Waals surface area (Å²) in [4.78, 5) is 6.55. The Morgan fingerprint density at radius 1 is 1.16 bits per heavy atom. The lowest BCUT2D eigenvalue weighted by Crippen LogP contribution is -2.34. The highest BCUT2D eigenvalue weighted by Crippen LogP contribution is 2.53.